The zero-order valence-corrected chi connectivity index (χ0v) is 11.9. The van der Waals surface area contributed by atoms with Gasteiger partial charge in [0, 0.05) is 20.0 Å². The standard InChI is InChI=1S/C11H17ClN4O4/c1-8-13-10(16(18)19)11(14-2-4-20-5-3-14)15(8)7-9(17)6-12/h9,17H,2-7H2,1H3. The second-order valence-electron chi connectivity index (χ2n) is 4.58. The fraction of sp³-hybridized carbons (Fsp3) is 0.727. The van der Waals surface area contributed by atoms with Crippen LogP contribution in [-0.2, 0) is 11.3 Å². The molecule has 0 aromatic carbocycles. The van der Waals surface area contributed by atoms with E-state index in [0.717, 1.165) is 0 Å². The van der Waals surface area contributed by atoms with Crippen LogP contribution in [0.3, 0.4) is 0 Å². The van der Waals surface area contributed by atoms with Crippen LogP contribution in [0, 0.1) is 17.0 Å². The van der Waals surface area contributed by atoms with Crippen molar-refractivity contribution in [3.05, 3.63) is 15.9 Å². The Morgan fingerprint density at radius 2 is 2.20 bits per heavy atom. The van der Waals surface area contributed by atoms with E-state index in [9.17, 15) is 15.2 Å². The van der Waals surface area contributed by atoms with Crippen LogP contribution in [0.1, 0.15) is 5.82 Å². The number of aromatic nitrogens is 2. The smallest absolute Gasteiger partial charge is 0.390 e. The van der Waals surface area contributed by atoms with Gasteiger partial charge in [-0.25, -0.2) is 0 Å². The van der Waals surface area contributed by atoms with Crippen LogP contribution in [0.5, 0.6) is 0 Å². The number of morpholine rings is 1. The van der Waals surface area contributed by atoms with Gasteiger partial charge in [0.05, 0.1) is 31.7 Å². The summed E-state index contributed by atoms with van der Waals surface area (Å²) in [5.41, 5.74) is 0. The first-order valence-corrected chi connectivity index (χ1v) is 6.86. The second kappa shape index (κ2) is 6.38. The highest BCUT2D eigenvalue weighted by Gasteiger charge is 2.31. The van der Waals surface area contributed by atoms with E-state index in [1.165, 1.54) is 0 Å². The van der Waals surface area contributed by atoms with Crippen molar-refractivity contribution in [2.45, 2.75) is 19.6 Å². The molecular formula is C11H17ClN4O4. The predicted octanol–water partition coefficient (Wildman–Crippen LogP) is 0.536. The van der Waals surface area contributed by atoms with E-state index in [0.29, 0.717) is 37.9 Å². The molecule has 0 amide bonds. The van der Waals surface area contributed by atoms with Gasteiger partial charge in [-0.15, -0.1) is 11.6 Å². The van der Waals surface area contributed by atoms with Gasteiger partial charge in [0.2, 0.25) is 11.6 Å². The minimum absolute atomic E-state index is 0.0635. The topological polar surface area (TPSA) is 93.7 Å². The lowest BCUT2D eigenvalue weighted by atomic mass is 10.3. The van der Waals surface area contributed by atoms with Gasteiger partial charge >= 0.3 is 5.82 Å². The third-order valence-corrected chi connectivity index (χ3v) is 3.53. The van der Waals surface area contributed by atoms with Gasteiger partial charge in [0.25, 0.3) is 0 Å². The van der Waals surface area contributed by atoms with Crippen molar-refractivity contribution in [3.8, 4) is 0 Å². The van der Waals surface area contributed by atoms with E-state index >= 15 is 0 Å². The number of imidazole rings is 1. The van der Waals surface area contributed by atoms with Crippen LogP contribution in [0.15, 0.2) is 0 Å². The molecule has 1 aliphatic rings. The normalized spacial score (nSPS) is 17.2. The Morgan fingerprint density at radius 1 is 1.55 bits per heavy atom. The van der Waals surface area contributed by atoms with Gasteiger partial charge in [0.1, 0.15) is 0 Å². The Bertz CT molecular complexity index is 487. The minimum atomic E-state index is -0.774. The van der Waals surface area contributed by atoms with Gasteiger partial charge < -0.3 is 24.9 Å². The van der Waals surface area contributed by atoms with Crippen molar-refractivity contribution in [2.75, 3.05) is 37.1 Å². The molecule has 0 spiro atoms. The van der Waals surface area contributed by atoms with Crippen molar-refractivity contribution >= 4 is 23.2 Å². The summed E-state index contributed by atoms with van der Waals surface area (Å²) in [4.78, 5) is 16.5. The van der Waals surface area contributed by atoms with E-state index < -0.39 is 11.0 Å². The zero-order valence-electron chi connectivity index (χ0n) is 11.2. The molecule has 0 aliphatic carbocycles. The van der Waals surface area contributed by atoms with E-state index in [4.69, 9.17) is 16.3 Å². The third kappa shape index (κ3) is 3.02. The molecule has 1 aromatic heterocycles. The summed E-state index contributed by atoms with van der Waals surface area (Å²) in [6.45, 7) is 4.01. The molecule has 1 atom stereocenters. The number of halogens is 1. The van der Waals surface area contributed by atoms with Crippen molar-refractivity contribution in [3.63, 3.8) is 0 Å². The summed E-state index contributed by atoms with van der Waals surface area (Å²) in [5, 5.41) is 20.9. The highest BCUT2D eigenvalue weighted by Crippen LogP contribution is 2.30. The minimum Gasteiger partial charge on any atom is -0.390 e. The van der Waals surface area contributed by atoms with Gasteiger partial charge in [0.15, 0.2) is 0 Å². The Labute approximate surface area is 121 Å². The van der Waals surface area contributed by atoms with Crippen LogP contribution in [0.4, 0.5) is 11.6 Å². The molecule has 0 radical (unpaired) electrons. The molecule has 1 saturated heterocycles. The molecule has 0 saturated carbocycles. The third-order valence-electron chi connectivity index (χ3n) is 3.17. The molecule has 2 rings (SSSR count). The predicted molar refractivity (Wildman–Crippen MR) is 73.4 cm³/mol. The summed E-state index contributed by atoms with van der Waals surface area (Å²) < 4.78 is 6.91. The van der Waals surface area contributed by atoms with Gasteiger partial charge in [-0.05, 0) is 9.91 Å². The number of aliphatic hydroxyl groups is 1. The zero-order chi connectivity index (χ0) is 14.7. The average Bonchev–Trinajstić information content (AvgIpc) is 2.77. The Hall–Kier alpha value is -1.38. The maximum Gasteiger partial charge on any atom is 0.406 e. The molecule has 0 bridgehead atoms. The molecule has 1 N–H and O–H groups in total. The molecule has 9 heteroatoms. The lowest BCUT2D eigenvalue weighted by molar-refractivity contribution is -0.388. The first kappa shape index (κ1) is 15.0. The molecular weight excluding hydrogens is 288 g/mol. The average molecular weight is 305 g/mol. The highest BCUT2D eigenvalue weighted by atomic mass is 35.5. The van der Waals surface area contributed by atoms with Crippen molar-refractivity contribution in [1.82, 2.24) is 9.55 Å². The summed E-state index contributed by atoms with van der Waals surface area (Å²) in [5.74, 6) is 0.780. The van der Waals surface area contributed by atoms with E-state index in [1.807, 2.05) is 4.90 Å². The molecule has 8 nitrogen and oxygen atoms in total. The lowest BCUT2D eigenvalue weighted by Crippen LogP contribution is -2.38. The maximum atomic E-state index is 11.2. The molecule has 20 heavy (non-hydrogen) atoms. The molecule has 112 valence electrons. The van der Waals surface area contributed by atoms with Gasteiger partial charge in [-0.1, -0.05) is 0 Å². The Kier molecular flexibility index (Phi) is 4.79. The number of anilines is 1. The number of nitro groups is 1. The number of hydrogen-bond donors (Lipinski definition) is 1. The Balaban J connectivity index is 2.40. The molecule has 1 aromatic rings. The fourth-order valence-corrected chi connectivity index (χ4v) is 2.32. The largest absolute Gasteiger partial charge is 0.406 e. The number of ether oxygens (including phenoxy) is 1. The number of alkyl halides is 1. The van der Waals surface area contributed by atoms with Crippen molar-refractivity contribution in [1.29, 1.82) is 0 Å². The number of aliphatic hydroxyl groups excluding tert-OH is 1. The number of hydrogen-bond acceptors (Lipinski definition) is 6. The monoisotopic (exact) mass is 304 g/mol. The van der Waals surface area contributed by atoms with Gasteiger partial charge in [-0.2, -0.15) is 0 Å². The second-order valence-corrected chi connectivity index (χ2v) is 4.89. The van der Waals surface area contributed by atoms with E-state index in [-0.39, 0.29) is 18.2 Å². The quantitative estimate of drug-likeness (QED) is 0.485. The Morgan fingerprint density at radius 3 is 2.75 bits per heavy atom. The van der Waals surface area contributed by atoms with Crippen LogP contribution >= 0.6 is 11.6 Å². The van der Waals surface area contributed by atoms with Crippen LogP contribution in [-0.4, -0.2) is 57.9 Å². The summed E-state index contributed by atoms with van der Waals surface area (Å²) in [7, 11) is 0. The summed E-state index contributed by atoms with van der Waals surface area (Å²) >= 11 is 5.61. The summed E-state index contributed by atoms with van der Waals surface area (Å²) in [6.07, 6.45) is -0.774. The molecule has 1 fully saturated rings. The molecule has 2 heterocycles. The summed E-state index contributed by atoms with van der Waals surface area (Å²) in [6, 6.07) is 0. The fourth-order valence-electron chi connectivity index (χ4n) is 2.23. The first-order chi connectivity index (χ1) is 9.54. The van der Waals surface area contributed by atoms with E-state index in [2.05, 4.69) is 4.98 Å². The number of nitrogens with zero attached hydrogens (tertiary/aromatic N) is 4. The number of aryl methyl sites for hydroxylation is 1. The molecule has 1 unspecified atom stereocenters. The highest BCUT2D eigenvalue weighted by molar-refractivity contribution is 6.18. The van der Waals surface area contributed by atoms with Crippen molar-refractivity contribution < 1.29 is 14.8 Å². The lowest BCUT2D eigenvalue weighted by Gasteiger charge is -2.28. The molecule has 1 aliphatic heterocycles. The van der Waals surface area contributed by atoms with E-state index in [1.54, 1.807) is 11.5 Å². The first-order valence-electron chi connectivity index (χ1n) is 6.32. The van der Waals surface area contributed by atoms with Gasteiger partial charge in [-0.3, -0.25) is 4.57 Å². The van der Waals surface area contributed by atoms with Crippen molar-refractivity contribution in [2.24, 2.45) is 0 Å². The van der Waals surface area contributed by atoms with Crippen LogP contribution in [0.2, 0.25) is 0 Å². The van der Waals surface area contributed by atoms with Crippen LogP contribution in [0.25, 0.3) is 0 Å². The SMILES string of the molecule is Cc1nc([N+](=O)[O-])c(N2CCOCC2)n1CC(O)CCl. The maximum absolute atomic E-state index is 11.2. The number of rotatable bonds is 5. The van der Waals surface area contributed by atoms with Crippen LogP contribution < -0.4 is 4.90 Å².